The summed E-state index contributed by atoms with van der Waals surface area (Å²) in [6, 6.07) is 0.735. The smallest absolute Gasteiger partial charge is 0.0309 e. The fraction of sp³-hybridized carbons (Fsp3) is 1.00. The number of piperazine rings is 1. The van der Waals surface area contributed by atoms with E-state index in [0.717, 1.165) is 17.9 Å². The van der Waals surface area contributed by atoms with Gasteiger partial charge in [-0.05, 0) is 51.4 Å². The number of hydrogen-bond donors (Lipinski definition) is 1. The first kappa shape index (κ1) is 12.9. The highest BCUT2D eigenvalue weighted by Crippen LogP contribution is 2.41. The van der Waals surface area contributed by atoms with Gasteiger partial charge in [0.25, 0.3) is 0 Å². The molecule has 2 saturated carbocycles. The highest BCUT2D eigenvalue weighted by molar-refractivity contribution is 5.03. The van der Waals surface area contributed by atoms with Crippen LogP contribution >= 0.6 is 0 Å². The van der Waals surface area contributed by atoms with Crippen molar-refractivity contribution in [3.63, 3.8) is 0 Å². The Hall–Kier alpha value is -0.0800. The lowest BCUT2D eigenvalue weighted by atomic mass is 9.86. The summed E-state index contributed by atoms with van der Waals surface area (Å²) < 4.78 is 0. The monoisotopic (exact) mass is 250 g/mol. The Bertz CT molecular complexity index is 281. The molecule has 2 unspecified atom stereocenters. The number of rotatable bonds is 3. The van der Waals surface area contributed by atoms with Crippen molar-refractivity contribution in [2.24, 2.45) is 11.8 Å². The molecular formula is C16H30N2. The summed E-state index contributed by atoms with van der Waals surface area (Å²) in [5, 5.41) is 3.83. The van der Waals surface area contributed by atoms with Crippen LogP contribution in [0.4, 0.5) is 0 Å². The summed E-state index contributed by atoms with van der Waals surface area (Å²) in [5.74, 6) is 1.95. The molecule has 0 aromatic carbocycles. The van der Waals surface area contributed by atoms with Gasteiger partial charge in [-0.2, -0.15) is 0 Å². The van der Waals surface area contributed by atoms with Gasteiger partial charge >= 0.3 is 0 Å². The van der Waals surface area contributed by atoms with Gasteiger partial charge in [-0.3, -0.25) is 4.90 Å². The van der Waals surface area contributed by atoms with E-state index in [1.165, 1.54) is 64.6 Å². The Labute approximate surface area is 113 Å². The molecular weight excluding hydrogens is 220 g/mol. The Morgan fingerprint density at radius 2 is 1.83 bits per heavy atom. The van der Waals surface area contributed by atoms with Crippen molar-refractivity contribution in [2.75, 3.05) is 19.6 Å². The van der Waals surface area contributed by atoms with Crippen LogP contribution in [0.25, 0.3) is 0 Å². The predicted octanol–water partition coefficient (Wildman–Crippen LogP) is 3.03. The molecule has 3 rings (SSSR count). The average molecular weight is 250 g/mol. The van der Waals surface area contributed by atoms with E-state index in [0.29, 0.717) is 5.54 Å². The molecule has 0 bridgehead atoms. The molecule has 104 valence electrons. The van der Waals surface area contributed by atoms with Crippen molar-refractivity contribution in [3.8, 4) is 0 Å². The predicted molar refractivity (Wildman–Crippen MR) is 76.7 cm³/mol. The second-order valence-electron chi connectivity index (χ2n) is 7.36. The Morgan fingerprint density at radius 3 is 2.50 bits per heavy atom. The molecule has 3 fully saturated rings. The Balaban J connectivity index is 1.58. The minimum atomic E-state index is 0.418. The molecule has 1 heterocycles. The normalized spacial score (nSPS) is 40.0. The van der Waals surface area contributed by atoms with Gasteiger partial charge in [0, 0.05) is 31.2 Å². The third kappa shape index (κ3) is 2.75. The van der Waals surface area contributed by atoms with Gasteiger partial charge in [-0.1, -0.05) is 19.3 Å². The zero-order chi connectivity index (χ0) is 12.6. The summed E-state index contributed by atoms with van der Waals surface area (Å²) in [7, 11) is 0. The first-order valence-electron chi connectivity index (χ1n) is 8.16. The second-order valence-corrected chi connectivity index (χ2v) is 7.36. The Morgan fingerprint density at radius 1 is 1.11 bits per heavy atom. The highest BCUT2D eigenvalue weighted by atomic mass is 15.3. The van der Waals surface area contributed by atoms with E-state index in [9.17, 15) is 0 Å². The van der Waals surface area contributed by atoms with Crippen molar-refractivity contribution < 1.29 is 0 Å². The molecule has 0 radical (unpaired) electrons. The highest BCUT2D eigenvalue weighted by Gasteiger charge is 2.45. The third-order valence-electron chi connectivity index (χ3n) is 5.65. The maximum Gasteiger partial charge on any atom is 0.0309 e. The fourth-order valence-electron chi connectivity index (χ4n) is 4.08. The number of nitrogens with one attached hydrogen (secondary N) is 1. The second kappa shape index (κ2) is 5.13. The van der Waals surface area contributed by atoms with Gasteiger partial charge in [0.05, 0.1) is 0 Å². The SMILES string of the molecule is CC1CNC(C)(C2CC2)CN1CC1CCCCC1. The van der Waals surface area contributed by atoms with Crippen molar-refractivity contribution in [2.45, 2.75) is 70.4 Å². The van der Waals surface area contributed by atoms with Crippen LogP contribution in [0.15, 0.2) is 0 Å². The molecule has 3 aliphatic rings. The first-order chi connectivity index (χ1) is 8.67. The van der Waals surface area contributed by atoms with Gasteiger partial charge in [0.1, 0.15) is 0 Å². The molecule has 2 aliphatic carbocycles. The summed E-state index contributed by atoms with van der Waals surface area (Å²) in [4.78, 5) is 2.80. The Kier molecular flexibility index (Phi) is 3.68. The van der Waals surface area contributed by atoms with Crippen molar-refractivity contribution in [3.05, 3.63) is 0 Å². The lowest BCUT2D eigenvalue weighted by Gasteiger charge is -2.47. The van der Waals surface area contributed by atoms with Gasteiger partial charge in [0.2, 0.25) is 0 Å². The molecule has 0 aromatic heterocycles. The van der Waals surface area contributed by atoms with Crippen LogP contribution in [0.3, 0.4) is 0 Å². The van der Waals surface area contributed by atoms with Crippen LogP contribution in [0.2, 0.25) is 0 Å². The van der Waals surface area contributed by atoms with Crippen LogP contribution in [-0.2, 0) is 0 Å². The van der Waals surface area contributed by atoms with E-state index < -0.39 is 0 Å². The molecule has 0 amide bonds. The minimum absolute atomic E-state index is 0.418. The summed E-state index contributed by atoms with van der Waals surface area (Å²) in [6.45, 7) is 8.72. The zero-order valence-corrected chi connectivity index (χ0v) is 12.3. The molecule has 2 heteroatoms. The average Bonchev–Trinajstić information content (AvgIpc) is 3.20. The molecule has 1 saturated heterocycles. The van der Waals surface area contributed by atoms with E-state index in [4.69, 9.17) is 0 Å². The molecule has 0 aromatic rings. The zero-order valence-electron chi connectivity index (χ0n) is 12.3. The van der Waals surface area contributed by atoms with Gasteiger partial charge in [0.15, 0.2) is 0 Å². The van der Waals surface area contributed by atoms with Crippen LogP contribution in [0, 0.1) is 11.8 Å². The largest absolute Gasteiger partial charge is 0.308 e. The van der Waals surface area contributed by atoms with Crippen molar-refractivity contribution in [1.29, 1.82) is 0 Å². The van der Waals surface area contributed by atoms with Gasteiger partial charge in [-0.15, -0.1) is 0 Å². The van der Waals surface area contributed by atoms with E-state index in [1.807, 2.05) is 0 Å². The lowest BCUT2D eigenvalue weighted by molar-refractivity contribution is 0.0630. The van der Waals surface area contributed by atoms with Crippen LogP contribution < -0.4 is 5.32 Å². The lowest BCUT2D eigenvalue weighted by Crippen LogP contribution is -2.63. The van der Waals surface area contributed by atoms with Crippen molar-refractivity contribution in [1.82, 2.24) is 10.2 Å². The maximum absolute atomic E-state index is 3.83. The van der Waals surface area contributed by atoms with E-state index >= 15 is 0 Å². The van der Waals surface area contributed by atoms with E-state index in [2.05, 4.69) is 24.1 Å². The van der Waals surface area contributed by atoms with Crippen molar-refractivity contribution >= 4 is 0 Å². The minimum Gasteiger partial charge on any atom is -0.308 e. The first-order valence-corrected chi connectivity index (χ1v) is 8.16. The summed E-state index contributed by atoms with van der Waals surface area (Å²) in [5.41, 5.74) is 0.418. The molecule has 1 aliphatic heterocycles. The topological polar surface area (TPSA) is 15.3 Å². The molecule has 18 heavy (non-hydrogen) atoms. The van der Waals surface area contributed by atoms with Gasteiger partial charge in [-0.25, -0.2) is 0 Å². The number of nitrogens with zero attached hydrogens (tertiary/aromatic N) is 1. The molecule has 2 atom stereocenters. The summed E-state index contributed by atoms with van der Waals surface area (Å²) >= 11 is 0. The van der Waals surface area contributed by atoms with Crippen LogP contribution in [-0.4, -0.2) is 36.1 Å². The maximum atomic E-state index is 3.83. The fourth-order valence-corrected chi connectivity index (χ4v) is 4.08. The molecule has 2 nitrogen and oxygen atoms in total. The summed E-state index contributed by atoms with van der Waals surface area (Å²) in [6.07, 6.45) is 10.3. The third-order valence-corrected chi connectivity index (χ3v) is 5.65. The van der Waals surface area contributed by atoms with E-state index in [-0.39, 0.29) is 0 Å². The van der Waals surface area contributed by atoms with Gasteiger partial charge < -0.3 is 5.32 Å². The number of hydrogen-bond acceptors (Lipinski definition) is 2. The van der Waals surface area contributed by atoms with Crippen LogP contribution in [0.1, 0.15) is 58.8 Å². The molecule has 0 spiro atoms. The standard InChI is InChI=1S/C16H30N2/c1-13-10-17-16(2,15-8-9-15)12-18(13)11-14-6-4-3-5-7-14/h13-15,17H,3-12H2,1-2H3. The quantitative estimate of drug-likeness (QED) is 0.828. The molecule has 1 N–H and O–H groups in total. The van der Waals surface area contributed by atoms with E-state index in [1.54, 1.807) is 0 Å². The van der Waals surface area contributed by atoms with Crippen LogP contribution in [0.5, 0.6) is 0 Å².